The number of carbonyl (C=O) groups is 1. The molecule has 0 bridgehead atoms. The first kappa shape index (κ1) is 13.7. The van der Waals surface area contributed by atoms with Gasteiger partial charge in [-0.05, 0) is 43.7 Å². The lowest BCUT2D eigenvalue weighted by Crippen LogP contribution is -2.44. The van der Waals surface area contributed by atoms with Gasteiger partial charge in [0, 0.05) is 11.4 Å². The van der Waals surface area contributed by atoms with Gasteiger partial charge in [0.2, 0.25) is 0 Å². The molecule has 0 aliphatic carbocycles. The number of hydrogen-bond donors (Lipinski definition) is 1. The molecule has 2 aromatic rings. The number of carboxylic acid groups (broad SMARTS) is 1. The third-order valence-corrected chi connectivity index (χ3v) is 5.40. The smallest absolute Gasteiger partial charge is 0.326 e. The number of thiazole rings is 1. The molecule has 0 spiro atoms. The molecule has 1 N–H and O–H groups in total. The number of rotatable bonds is 3. The summed E-state index contributed by atoms with van der Waals surface area (Å²) in [6, 6.07) is 5.77. The fraction of sp³-hybridized carbons (Fsp3) is 0.429. The molecule has 1 aromatic carbocycles. The van der Waals surface area contributed by atoms with Crippen molar-refractivity contribution < 1.29 is 9.90 Å². The summed E-state index contributed by atoms with van der Waals surface area (Å²) >= 11 is 3.30. The Labute approximate surface area is 125 Å². The molecule has 1 atom stereocenters. The fourth-order valence-electron chi connectivity index (χ4n) is 2.56. The number of nitrogens with zero attached hydrogens (tertiary/aromatic N) is 2. The van der Waals surface area contributed by atoms with Gasteiger partial charge in [0.1, 0.15) is 6.04 Å². The van der Waals surface area contributed by atoms with E-state index in [0.717, 1.165) is 34.7 Å². The van der Waals surface area contributed by atoms with E-state index in [1.54, 1.807) is 23.1 Å². The molecule has 1 unspecified atom stereocenters. The Morgan fingerprint density at radius 1 is 1.50 bits per heavy atom. The number of hydrogen-bond acceptors (Lipinski definition) is 5. The summed E-state index contributed by atoms with van der Waals surface area (Å²) in [6.07, 6.45) is 4.78. The van der Waals surface area contributed by atoms with Gasteiger partial charge in [-0.1, -0.05) is 11.3 Å². The molecule has 4 nitrogen and oxygen atoms in total. The van der Waals surface area contributed by atoms with E-state index in [1.165, 1.54) is 4.90 Å². The second kappa shape index (κ2) is 5.61. The highest BCUT2D eigenvalue weighted by atomic mass is 32.2. The van der Waals surface area contributed by atoms with Gasteiger partial charge in [-0.15, -0.1) is 11.8 Å². The topological polar surface area (TPSA) is 53.4 Å². The molecule has 106 valence electrons. The van der Waals surface area contributed by atoms with Crippen LogP contribution in [0.3, 0.4) is 0 Å². The lowest BCUT2D eigenvalue weighted by atomic mass is 10.0. The number of aromatic nitrogens is 1. The summed E-state index contributed by atoms with van der Waals surface area (Å²) in [5.41, 5.74) is 0.956. The third kappa shape index (κ3) is 2.50. The van der Waals surface area contributed by atoms with Crippen LogP contribution in [0.1, 0.15) is 19.3 Å². The summed E-state index contributed by atoms with van der Waals surface area (Å²) in [5.74, 6) is -0.742. The van der Waals surface area contributed by atoms with Crippen LogP contribution in [0.25, 0.3) is 10.2 Å². The van der Waals surface area contributed by atoms with Crippen molar-refractivity contribution in [3.63, 3.8) is 0 Å². The molecule has 0 saturated carbocycles. The largest absolute Gasteiger partial charge is 0.480 e. The second-order valence-corrected chi connectivity index (χ2v) is 6.76. The van der Waals surface area contributed by atoms with Crippen LogP contribution in [-0.2, 0) is 4.79 Å². The average Bonchev–Trinajstić information content (AvgIpc) is 2.89. The van der Waals surface area contributed by atoms with Crippen LogP contribution >= 0.6 is 23.1 Å². The lowest BCUT2D eigenvalue weighted by Gasteiger charge is -2.32. The molecule has 20 heavy (non-hydrogen) atoms. The number of fused-ring (bicyclic) bond motifs is 1. The number of carboxylic acids is 1. The maximum Gasteiger partial charge on any atom is 0.326 e. The normalized spacial score (nSPS) is 19.4. The Morgan fingerprint density at radius 3 is 3.10 bits per heavy atom. The van der Waals surface area contributed by atoms with E-state index < -0.39 is 12.0 Å². The van der Waals surface area contributed by atoms with Gasteiger partial charge in [0.25, 0.3) is 0 Å². The van der Waals surface area contributed by atoms with Crippen LogP contribution in [0.15, 0.2) is 23.1 Å². The van der Waals surface area contributed by atoms with E-state index in [9.17, 15) is 9.90 Å². The minimum absolute atomic E-state index is 0.427. The van der Waals surface area contributed by atoms with Gasteiger partial charge in [-0.3, -0.25) is 0 Å². The minimum Gasteiger partial charge on any atom is -0.480 e. The van der Waals surface area contributed by atoms with Gasteiger partial charge in [0.15, 0.2) is 5.13 Å². The van der Waals surface area contributed by atoms with Crippen LogP contribution in [0, 0.1) is 0 Å². The third-order valence-electron chi connectivity index (χ3n) is 3.62. The van der Waals surface area contributed by atoms with Crippen molar-refractivity contribution in [3.8, 4) is 0 Å². The summed E-state index contributed by atoms with van der Waals surface area (Å²) in [4.78, 5) is 19.2. The Hall–Kier alpha value is -1.27. The standard InChI is InChI=1S/C14H16N2O2S2/c1-19-9-5-6-10-12(8-9)20-14(15-10)16-7-3-2-4-11(16)13(17)18/h5-6,8,11H,2-4,7H2,1H3,(H,17,18). The van der Waals surface area contributed by atoms with Gasteiger partial charge in [-0.2, -0.15) is 0 Å². The Morgan fingerprint density at radius 2 is 2.35 bits per heavy atom. The SMILES string of the molecule is CSc1ccc2nc(N3CCCCC3C(=O)O)sc2c1. The molecule has 3 rings (SSSR count). The van der Waals surface area contributed by atoms with E-state index >= 15 is 0 Å². The molecule has 1 aromatic heterocycles. The monoisotopic (exact) mass is 308 g/mol. The van der Waals surface area contributed by atoms with E-state index in [0.29, 0.717) is 6.42 Å². The van der Waals surface area contributed by atoms with Crippen molar-refractivity contribution in [2.24, 2.45) is 0 Å². The van der Waals surface area contributed by atoms with Crippen molar-refractivity contribution >= 4 is 44.4 Å². The summed E-state index contributed by atoms with van der Waals surface area (Å²) in [5, 5.41) is 10.2. The Bertz CT molecular complexity index is 641. The first-order chi connectivity index (χ1) is 9.69. The summed E-state index contributed by atoms with van der Waals surface area (Å²) < 4.78 is 1.13. The number of thioether (sulfide) groups is 1. The average molecular weight is 308 g/mol. The van der Waals surface area contributed by atoms with E-state index in [4.69, 9.17) is 0 Å². The zero-order chi connectivity index (χ0) is 14.1. The molecule has 0 amide bonds. The van der Waals surface area contributed by atoms with Crippen LogP contribution in [0.2, 0.25) is 0 Å². The molecule has 6 heteroatoms. The molecular weight excluding hydrogens is 292 g/mol. The van der Waals surface area contributed by atoms with Crippen molar-refractivity contribution in [2.45, 2.75) is 30.2 Å². The van der Waals surface area contributed by atoms with Crippen LogP contribution in [0.4, 0.5) is 5.13 Å². The van der Waals surface area contributed by atoms with E-state index in [-0.39, 0.29) is 0 Å². The van der Waals surface area contributed by atoms with Gasteiger partial charge < -0.3 is 10.0 Å². The highest BCUT2D eigenvalue weighted by Crippen LogP contribution is 2.34. The van der Waals surface area contributed by atoms with Crippen LogP contribution < -0.4 is 4.90 Å². The van der Waals surface area contributed by atoms with Crippen molar-refractivity contribution in [2.75, 3.05) is 17.7 Å². The second-order valence-electron chi connectivity index (χ2n) is 4.87. The number of piperidine rings is 1. The maximum atomic E-state index is 11.4. The molecule has 1 saturated heterocycles. The molecule has 1 aliphatic rings. The highest BCUT2D eigenvalue weighted by molar-refractivity contribution is 7.98. The highest BCUT2D eigenvalue weighted by Gasteiger charge is 2.30. The first-order valence-electron chi connectivity index (χ1n) is 6.63. The van der Waals surface area contributed by atoms with Crippen molar-refractivity contribution in [1.29, 1.82) is 0 Å². The number of aliphatic carboxylic acids is 1. The molecule has 0 radical (unpaired) electrons. The zero-order valence-corrected chi connectivity index (χ0v) is 12.8. The van der Waals surface area contributed by atoms with Crippen molar-refractivity contribution in [3.05, 3.63) is 18.2 Å². The van der Waals surface area contributed by atoms with E-state index in [1.807, 2.05) is 17.2 Å². The zero-order valence-electron chi connectivity index (χ0n) is 11.2. The van der Waals surface area contributed by atoms with Crippen LogP contribution in [-0.4, -0.2) is 34.9 Å². The van der Waals surface area contributed by atoms with E-state index in [2.05, 4.69) is 17.1 Å². The summed E-state index contributed by atoms with van der Waals surface area (Å²) in [7, 11) is 0. The first-order valence-corrected chi connectivity index (χ1v) is 8.67. The predicted octanol–water partition coefficient (Wildman–Crippen LogP) is 3.46. The van der Waals surface area contributed by atoms with Crippen molar-refractivity contribution in [1.82, 2.24) is 4.98 Å². The van der Waals surface area contributed by atoms with Gasteiger partial charge in [0.05, 0.1) is 10.2 Å². The quantitative estimate of drug-likeness (QED) is 0.880. The number of anilines is 1. The lowest BCUT2D eigenvalue weighted by molar-refractivity contribution is -0.139. The fourth-order valence-corrected chi connectivity index (χ4v) is 4.15. The Kier molecular flexibility index (Phi) is 3.85. The number of benzene rings is 1. The summed E-state index contributed by atoms with van der Waals surface area (Å²) in [6.45, 7) is 0.784. The maximum absolute atomic E-state index is 11.4. The van der Waals surface area contributed by atoms with Gasteiger partial charge in [-0.25, -0.2) is 9.78 Å². The molecule has 1 aliphatic heterocycles. The molecule has 1 fully saturated rings. The molecule has 2 heterocycles. The Balaban J connectivity index is 1.97. The van der Waals surface area contributed by atoms with Gasteiger partial charge >= 0.3 is 5.97 Å². The minimum atomic E-state index is -0.742. The molecular formula is C14H16N2O2S2. The predicted molar refractivity (Wildman–Crippen MR) is 84.0 cm³/mol. The van der Waals surface area contributed by atoms with Crippen LogP contribution in [0.5, 0.6) is 0 Å².